The Bertz CT molecular complexity index is 1010. The summed E-state index contributed by atoms with van der Waals surface area (Å²) in [4.78, 5) is 16.6. The van der Waals surface area contributed by atoms with Crippen LogP contribution < -0.4 is 10.1 Å². The third-order valence-corrected chi connectivity index (χ3v) is 4.60. The van der Waals surface area contributed by atoms with Crippen molar-refractivity contribution in [3.05, 3.63) is 83.3 Å². The lowest BCUT2D eigenvalue weighted by atomic mass is 9.93. The number of nitrogens with zero attached hydrogens (tertiary/aromatic N) is 3. The van der Waals surface area contributed by atoms with Crippen molar-refractivity contribution in [2.24, 2.45) is 0 Å². The third kappa shape index (κ3) is 3.33. The van der Waals surface area contributed by atoms with Crippen molar-refractivity contribution in [3.63, 3.8) is 0 Å². The predicted octanol–water partition coefficient (Wildman–Crippen LogP) is 3.74. The van der Waals surface area contributed by atoms with Crippen LogP contribution in [-0.2, 0) is 11.4 Å². The predicted molar refractivity (Wildman–Crippen MR) is 102 cm³/mol. The van der Waals surface area contributed by atoms with Crippen LogP contribution >= 0.6 is 0 Å². The van der Waals surface area contributed by atoms with Crippen LogP contribution in [0.15, 0.2) is 72.2 Å². The zero-order valence-electron chi connectivity index (χ0n) is 15.2. The fourth-order valence-electron chi connectivity index (χ4n) is 3.37. The highest BCUT2D eigenvalue weighted by molar-refractivity contribution is 5.96. The molecule has 0 unspecified atom stereocenters. The normalized spacial score (nSPS) is 15.9. The molecule has 0 aliphatic carbocycles. The van der Waals surface area contributed by atoms with Crippen LogP contribution in [0.25, 0.3) is 0 Å². The van der Waals surface area contributed by atoms with Crippen molar-refractivity contribution in [2.45, 2.75) is 26.5 Å². The maximum Gasteiger partial charge on any atom is 0.226 e. The summed E-state index contributed by atoms with van der Waals surface area (Å²) in [5, 5.41) is 7.47. The molecule has 4 rings (SSSR count). The third-order valence-electron chi connectivity index (χ3n) is 4.60. The number of rotatable bonds is 5. The number of ketones is 1. The van der Waals surface area contributed by atoms with Gasteiger partial charge in [0.15, 0.2) is 5.78 Å². The zero-order chi connectivity index (χ0) is 18.8. The van der Waals surface area contributed by atoms with Gasteiger partial charge in [-0.1, -0.05) is 42.5 Å². The van der Waals surface area contributed by atoms with Crippen molar-refractivity contribution >= 4 is 11.7 Å². The molecule has 6 heteroatoms. The number of hydrogen-bond acceptors (Lipinski definition) is 5. The van der Waals surface area contributed by atoms with Gasteiger partial charge in [0.1, 0.15) is 24.7 Å². The van der Waals surface area contributed by atoms with Crippen LogP contribution in [0.1, 0.15) is 31.0 Å². The van der Waals surface area contributed by atoms with Gasteiger partial charge in [0.25, 0.3) is 0 Å². The van der Waals surface area contributed by atoms with E-state index in [4.69, 9.17) is 4.74 Å². The first-order chi connectivity index (χ1) is 13.1. The number of carbonyl (C=O) groups is 1. The molecule has 1 aromatic heterocycles. The lowest BCUT2D eigenvalue weighted by molar-refractivity contribution is -0.114. The van der Waals surface area contributed by atoms with E-state index in [0.29, 0.717) is 18.1 Å². The number of allylic oxidation sites excluding steroid dienone is 2. The molecule has 0 radical (unpaired) electrons. The molecule has 2 heterocycles. The van der Waals surface area contributed by atoms with Crippen molar-refractivity contribution in [1.82, 2.24) is 14.8 Å². The lowest BCUT2D eigenvalue weighted by Crippen LogP contribution is -2.27. The van der Waals surface area contributed by atoms with Crippen LogP contribution in [0, 0.1) is 0 Å². The molecular weight excluding hydrogens is 340 g/mol. The van der Waals surface area contributed by atoms with E-state index in [9.17, 15) is 4.79 Å². The summed E-state index contributed by atoms with van der Waals surface area (Å²) in [6.07, 6.45) is 1.49. The molecule has 0 fully saturated rings. The highest BCUT2D eigenvalue weighted by Gasteiger charge is 2.31. The molecule has 0 bridgehead atoms. The summed E-state index contributed by atoms with van der Waals surface area (Å²) in [5.74, 6) is 1.37. The van der Waals surface area contributed by atoms with Gasteiger partial charge < -0.3 is 10.1 Å². The monoisotopic (exact) mass is 360 g/mol. The van der Waals surface area contributed by atoms with Gasteiger partial charge in [-0.05, 0) is 37.1 Å². The van der Waals surface area contributed by atoms with E-state index < -0.39 is 0 Å². The van der Waals surface area contributed by atoms with Gasteiger partial charge in [-0.2, -0.15) is 10.1 Å². The molecule has 0 saturated heterocycles. The average molecular weight is 360 g/mol. The number of nitrogens with one attached hydrogen (secondary N) is 1. The van der Waals surface area contributed by atoms with Gasteiger partial charge in [0.2, 0.25) is 5.95 Å². The van der Waals surface area contributed by atoms with Crippen LogP contribution in [0.5, 0.6) is 5.75 Å². The molecule has 2 aromatic carbocycles. The van der Waals surface area contributed by atoms with E-state index >= 15 is 0 Å². The number of carbonyl (C=O) groups excluding carboxylic acids is 1. The Morgan fingerprint density at radius 1 is 1.19 bits per heavy atom. The molecule has 3 aromatic rings. The van der Waals surface area contributed by atoms with Crippen LogP contribution in [0.2, 0.25) is 0 Å². The van der Waals surface area contributed by atoms with Crippen molar-refractivity contribution in [2.75, 3.05) is 5.32 Å². The van der Waals surface area contributed by atoms with Crippen molar-refractivity contribution in [1.29, 1.82) is 0 Å². The lowest BCUT2D eigenvalue weighted by Gasteiger charge is -2.28. The number of aromatic nitrogens is 3. The summed E-state index contributed by atoms with van der Waals surface area (Å²) in [5.41, 5.74) is 3.50. The Kier molecular flexibility index (Phi) is 4.46. The van der Waals surface area contributed by atoms with Gasteiger partial charge in [-0.3, -0.25) is 4.79 Å². The first-order valence-corrected chi connectivity index (χ1v) is 8.78. The van der Waals surface area contributed by atoms with Gasteiger partial charge in [-0.15, -0.1) is 0 Å². The molecule has 1 atom stereocenters. The molecule has 0 saturated carbocycles. The molecule has 0 spiro atoms. The van der Waals surface area contributed by atoms with E-state index in [2.05, 4.69) is 15.4 Å². The second kappa shape index (κ2) is 7.07. The minimum absolute atomic E-state index is 0.00163. The number of anilines is 1. The van der Waals surface area contributed by atoms with E-state index in [1.165, 1.54) is 6.33 Å². The second-order valence-electron chi connectivity index (χ2n) is 6.50. The second-order valence-corrected chi connectivity index (χ2v) is 6.50. The fraction of sp³-hybridized carbons (Fsp3) is 0.190. The minimum atomic E-state index is -0.332. The van der Waals surface area contributed by atoms with Gasteiger partial charge in [0, 0.05) is 11.3 Å². The van der Waals surface area contributed by atoms with Gasteiger partial charge in [-0.25, -0.2) is 4.68 Å². The van der Waals surface area contributed by atoms with Crippen LogP contribution in [0.3, 0.4) is 0 Å². The molecule has 136 valence electrons. The summed E-state index contributed by atoms with van der Waals surface area (Å²) in [6, 6.07) is 17.5. The van der Waals surface area contributed by atoms with E-state index in [1.807, 2.05) is 61.5 Å². The van der Waals surface area contributed by atoms with E-state index in [1.54, 1.807) is 11.6 Å². The Hall–Kier alpha value is -3.41. The Morgan fingerprint density at radius 3 is 2.78 bits per heavy atom. The fourth-order valence-corrected chi connectivity index (χ4v) is 3.37. The van der Waals surface area contributed by atoms with E-state index in [-0.39, 0.29) is 11.8 Å². The topological polar surface area (TPSA) is 69.0 Å². The first-order valence-electron chi connectivity index (χ1n) is 8.78. The molecule has 1 aliphatic rings. The molecular formula is C21H20N4O2. The SMILES string of the molecule is CC(=O)C1=C(C)Nc2ncnn2[C@H]1c1cccc(OCc2ccccc2)c1. The van der Waals surface area contributed by atoms with Gasteiger partial charge in [0.05, 0.1) is 0 Å². The number of hydrogen-bond donors (Lipinski definition) is 1. The summed E-state index contributed by atoms with van der Waals surface area (Å²) in [7, 11) is 0. The van der Waals surface area contributed by atoms with Crippen molar-refractivity contribution in [3.8, 4) is 5.75 Å². The van der Waals surface area contributed by atoms with Crippen LogP contribution in [-0.4, -0.2) is 20.5 Å². The van der Waals surface area contributed by atoms with Gasteiger partial charge >= 0.3 is 0 Å². The smallest absolute Gasteiger partial charge is 0.226 e. The molecule has 1 aliphatic heterocycles. The maximum atomic E-state index is 12.3. The minimum Gasteiger partial charge on any atom is -0.489 e. The molecule has 1 N–H and O–H groups in total. The highest BCUT2D eigenvalue weighted by Crippen LogP contribution is 2.36. The maximum absolute atomic E-state index is 12.3. The largest absolute Gasteiger partial charge is 0.489 e. The number of Topliss-reactive ketones (excluding diaryl/α,β-unsaturated/α-hetero) is 1. The Balaban J connectivity index is 1.67. The summed E-state index contributed by atoms with van der Waals surface area (Å²) < 4.78 is 7.69. The Morgan fingerprint density at radius 2 is 2.00 bits per heavy atom. The zero-order valence-corrected chi connectivity index (χ0v) is 15.2. The summed E-state index contributed by atoms with van der Waals surface area (Å²) in [6.45, 7) is 3.95. The van der Waals surface area contributed by atoms with E-state index in [0.717, 1.165) is 22.6 Å². The highest BCUT2D eigenvalue weighted by atomic mass is 16.5. The molecule has 27 heavy (non-hydrogen) atoms. The van der Waals surface area contributed by atoms with Crippen LogP contribution in [0.4, 0.5) is 5.95 Å². The average Bonchev–Trinajstić information content (AvgIpc) is 3.14. The Labute approximate surface area is 157 Å². The number of benzene rings is 2. The quantitative estimate of drug-likeness (QED) is 0.751. The molecule has 6 nitrogen and oxygen atoms in total. The molecule has 0 amide bonds. The standard InChI is InChI=1S/C21H20N4O2/c1-14-19(15(2)26)20(25-21(24-14)22-13-23-25)17-9-6-10-18(11-17)27-12-16-7-4-3-5-8-16/h3-11,13,20H,12H2,1-2H3,(H,22,23,24)/t20-/m0/s1. The van der Waals surface area contributed by atoms with Crippen molar-refractivity contribution < 1.29 is 9.53 Å². The summed E-state index contributed by atoms with van der Waals surface area (Å²) >= 11 is 0. The number of fused-ring (bicyclic) bond motifs is 1. The number of ether oxygens (including phenoxy) is 1. The first kappa shape index (κ1) is 17.0.